The van der Waals surface area contributed by atoms with Crippen LogP contribution in [0.25, 0.3) is 0 Å². The van der Waals surface area contributed by atoms with E-state index in [0.717, 1.165) is 30.9 Å². The van der Waals surface area contributed by atoms with Gasteiger partial charge >= 0.3 is 0 Å². The van der Waals surface area contributed by atoms with E-state index in [4.69, 9.17) is 20.2 Å². The molecule has 1 aromatic heterocycles. The lowest BCUT2D eigenvalue weighted by atomic mass is 9.83. The highest BCUT2D eigenvalue weighted by atomic mass is 16.5. The van der Waals surface area contributed by atoms with Crippen LogP contribution in [-0.4, -0.2) is 73.0 Å². The molecule has 11 heteroatoms. The molecule has 2 saturated carbocycles. The van der Waals surface area contributed by atoms with Crippen molar-refractivity contribution < 1.29 is 14.3 Å². The maximum Gasteiger partial charge on any atom is 0.251 e. The molecule has 0 atom stereocenters. The van der Waals surface area contributed by atoms with Crippen LogP contribution in [0.5, 0.6) is 0 Å². The number of aromatic nitrogens is 3. The molecule has 0 bridgehead atoms. The van der Waals surface area contributed by atoms with Gasteiger partial charge in [0.05, 0.1) is 26.4 Å². The topological polar surface area (TPSA) is 148 Å². The Morgan fingerprint density at radius 3 is 2.21 bits per heavy atom. The van der Waals surface area contributed by atoms with E-state index in [1.54, 1.807) is 0 Å². The van der Waals surface area contributed by atoms with Gasteiger partial charge in [-0.15, -0.1) is 0 Å². The quantitative estimate of drug-likeness (QED) is 0.172. The summed E-state index contributed by atoms with van der Waals surface area (Å²) in [4.78, 5) is 26.6. The molecule has 6 N–H and O–H groups in total. The van der Waals surface area contributed by atoms with Crippen molar-refractivity contribution in [3.63, 3.8) is 0 Å². The van der Waals surface area contributed by atoms with Crippen molar-refractivity contribution in [2.75, 3.05) is 62.0 Å². The third-order valence-corrected chi connectivity index (χ3v) is 8.09. The molecule has 2 aliphatic carbocycles. The van der Waals surface area contributed by atoms with Crippen LogP contribution in [-0.2, 0) is 16.0 Å². The fourth-order valence-corrected chi connectivity index (χ4v) is 5.50. The van der Waals surface area contributed by atoms with Crippen molar-refractivity contribution in [3.8, 4) is 0 Å². The monoisotopic (exact) mass is 582 g/mol. The number of nitrogens with one attached hydrogen (secondary N) is 4. The molecule has 2 aliphatic rings. The number of carbonyl (C=O) groups is 1. The number of anilines is 3. The van der Waals surface area contributed by atoms with E-state index in [9.17, 15) is 4.79 Å². The average Bonchev–Trinajstić information content (AvgIpc) is 3.01. The Bertz CT molecular complexity index is 1060. The molecule has 0 saturated heterocycles. The van der Waals surface area contributed by atoms with Gasteiger partial charge in [-0.1, -0.05) is 51.2 Å². The smallest absolute Gasteiger partial charge is 0.251 e. The van der Waals surface area contributed by atoms with E-state index in [1.165, 1.54) is 44.9 Å². The largest absolute Gasteiger partial charge is 0.378 e. The zero-order valence-corrected chi connectivity index (χ0v) is 25.2. The maximum absolute atomic E-state index is 12.5. The number of amides is 1. The highest BCUT2D eigenvalue weighted by molar-refractivity contribution is 5.94. The molecule has 11 nitrogen and oxygen atoms in total. The second kappa shape index (κ2) is 17.8. The van der Waals surface area contributed by atoms with Crippen LogP contribution in [0.4, 0.5) is 17.8 Å². The lowest BCUT2D eigenvalue weighted by Gasteiger charge is -2.26. The van der Waals surface area contributed by atoms with Crippen molar-refractivity contribution in [2.45, 2.75) is 77.3 Å². The van der Waals surface area contributed by atoms with Crippen molar-refractivity contribution >= 4 is 23.8 Å². The number of hydrogen-bond donors (Lipinski definition) is 5. The van der Waals surface area contributed by atoms with Gasteiger partial charge in [-0.25, -0.2) is 0 Å². The first kappa shape index (κ1) is 31.9. The second-order valence-corrected chi connectivity index (χ2v) is 11.6. The Hall–Kier alpha value is -3.02. The summed E-state index contributed by atoms with van der Waals surface area (Å²) in [5, 5.41) is 13.3. The molecule has 0 unspecified atom stereocenters. The zero-order chi connectivity index (χ0) is 29.4. The minimum atomic E-state index is -0.128. The van der Waals surface area contributed by atoms with Crippen LogP contribution < -0.4 is 27.0 Å². The van der Waals surface area contributed by atoms with Crippen molar-refractivity contribution in [3.05, 3.63) is 35.4 Å². The third kappa shape index (κ3) is 11.3. The van der Waals surface area contributed by atoms with Crippen LogP contribution in [0, 0.1) is 11.8 Å². The third-order valence-electron chi connectivity index (χ3n) is 8.09. The summed E-state index contributed by atoms with van der Waals surface area (Å²) in [6.45, 7) is 6.64. The molecular formula is C31H50N8O3. The second-order valence-electron chi connectivity index (χ2n) is 11.6. The van der Waals surface area contributed by atoms with Gasteiger partial charge in [-0.3, -0.25) is 4.79 Å². The summed E-state index contributed by atoms with van der Waals surface area (Å²) < 4.78 is 10.7. The highest BCUT2D eigenvalue weighted by Gasteiger charge is 2.19. The van der Waals surface area contributed by atoms with E-state index < -0.39 is 0 Å². The molecule has 1 aromatic carbocycles. The lowest BCUT2D eigenvalue weighted by Crippen LogP contribution is -2.27. The molecule has 232 valence electrons. The Morgan fingerprint density at radius 1 is 0.833 bits per heavy atom. The number of nitrogens with two attached hydrogens (primary N) is 1. The van der Waals surface area contributed by atoms with Gasteiger partial charge in [0.2, 0.25) is 17.8 Å². The van der Waals surface area contributed by atoms with E-state index >= 15 is 0 Å². The Balaban J connectivity index is 1.27. The Kier molecular flexibility index (Phi) is 13.5. The van der Waals surface area contributed by atoms with E-state index in [-0.39, 0.29) is 5.91 Å². The van der Waals surface area contributed by atoms with Crippen molar-refractivity contribution in [1.29, 1.82) is 0 Å². The Morgan fingerprint density at radius 2 is 1.50 bits per heavy atom. The molecule has 0 aliphatic heterocycles. The first-order chi connectivity index (χ1) is 20.6. The number of nitrogens with zero attached hydrogens (tertiary/aromatic N) is 3. The van der Waals surface area contributed by atoms with Crippen LogP contribution in [0.1, 0.15) is 80.6 Å². The zero-order valence-electron chi connectivity index (χ0n) is 25.2. The van der Waals surface area contributed by atoms with E-state index in [2.05, 4.69) is 38.2 Å². The van der Waals surface area contributed by atoms with Gasteiger partial charge in [-0.2, -0.15) is 15.0 Å². The van der Waals surface area contributed by atoms with Crippen LogP contribution in [0.3, 0.4) is 0 Å². The van der Waals surface area contributed by atoms with Gasteiger partial charge in [0.1, 0.15) is 0 Å². The van der Waals surface area contributed by atoms with Gasteiger partial charge in [0, 0.05) is 37.8 Å². The molecule has 0 spiro atoms. The van der Waals surface area contributed by atoms with Gasteiger partial charge in [0.15, 0.2) is 0 Å². The summed E-state index contributed by atoms with van der Waals surface area (Å²) >= 11 is 0. The number of benzene rings is 1. The fraction of sp³-hybridized carbons (Fsp3) is 0.677. The standard InChI is InChI=1S/C31H50N8O3/c1-23-7-9-24(10-8-23)21-34-29-37-30(39-31(38-29)36-27-5-3-2-4-6-27)35-22-25-11-13-26(14-12-25)28(40)33-16-18-42-20-19-41-17-15-32/h11-14,23-24,27H,2-10,15-22,32H2,1H3,(H,33,40)(H3,34,35,36,37,38,39). The summed E-state index contributed by atoms with van der Waals surface area (Å²) in [6.07, 6.45) is 11.2. The summed E-state index contributed by atoms with van der Waals surface area (Å²) in [7, 11) is 0. The minimum Gasteiger partial charge on any atom is -0.378 e. The molecule has 1 heterocycles. The van der Waals surface area contributed by atoms with Gasteiger partial charge in [-0.05, 0) is 55.2 Å². The fourth-order valence-electron chi connectivity index (χ4n) is 5.50. The molecule has 4 rings (SSSR count). The molecule has 42 heavy (non-hydrogen) atoms. The van der Waals surface area contributed by atoms with Crippen LogP contribution in [0.15, 0.2) is 24.3 Å². The van der Waals surface area contributed by atoms with Crippen molar-refractivity contribution in [1.82, 2.24) is 20.3 Å². The lowest BCUT2D eigenvalue weighted by molar-refractivity contribution is 0.0511. The first-order valence-electron chi connectivity index (χ1n) is 15.8. The summed E-state index contributed by atoms with van der Waals surface area (Å²) in [5.74, 6) is 3.14. The highest BCUT2D eigenvalue weighted by Crippen LogP contribution is 2.28. The molecular weight excluding hydrogens is 532 g/mol. The van der Waals surface area contributed by atoms with Gasteiger partial charge < -0.3 is 36.5 Å². The molecule has 0 radical (unpaired) electrons. The SMILES string of the molecule is CC1CCC(CNc2nc(NCc3ccc(C(=O)NCCOCCOCCN)cc3)nc(NC3CCCCC3)n2)CC1. The number of carbonyl (C=O) groups excluding carboxylic acids is 1. The molecule has 2 aromatic rings. The maximum atomic E-state index is 12.5. The van der Waals surface area contributed by atoms with E-state index in [0.29, 0.717) is 81.4 Å². The predicted molar refractivity (Wildman–Crippen MR) is 167 cm³/mol. The number of hydrogen-bond acceptors (Lipinski definition) is 10. The van der Waals surface area contributed by atoms with E-state index in [1.807, 2.05) is 24.3 Å². The minimum absolute atomic E-state index is 0.128. The Labute approximate surface area is 250 Å². The normalized spacial score (nSPS) is 19.3. The summed E-state index contributed by atoms with van der Waals surface area (Å²) in [6, 6.07) is 7.95. The molecule has 1 amide bonds. The average molecular weight is 583 g/mol. The number of rotatable bonds is 17. The van der Waals surface area contributed by atoms with Gasteiger partial charge in [0.25, 0.3) is 5.91 Å². The summed E-state index contributed by atoms with van der Waals surface area (Å²) in [5.41, 5.74) is 7.01. The predicted octanol–water partition coefficient (Wildman–Crippen LogP) is 4.19. The number of ether oxygens (including phenoxy) is 2. The van der Waals surface area contributed by atoms with Crippen molar-refractivity contribution in [2.24, 2.45) is 17.6 Å². The molecule has 2 fully saturated rings. The van der Waals surface area contributed by atoms with Crippen LogP contribution in [0.2, 0.25) is 0 Å². The van der Waals surface area contributed by atoms with Crippen LogP contribution >= 0.6 is 0 Å². The first-order valence-corrected chi connectivity index (χ1v) is 15.8.